The molecule has 3 aromatic rings. The minimum absolute atomic E-state index is 0.685. The summed E-state index contributed by atoms with van der Waals surface area (Å²) in [7, 11) is 0. The average Bonchev–Trinajstić information content (AvgIpc) is 2.82. The largest absolute Gasteiger partial charge is 0.273 e. The highest BCUT2D eigenvalue weighted by Crippen LogP contribution is 2.21. The molecule has 2 aromatic heterocycles. The fourth-order valence-corrected chi connectivity index (χ4v) is 2.08. The first-order valence-electron chi connectivity index (χ1n) is 5.33. The number of halogens is 1. The molecule has 0 atom stereocenters. The molecule has 0 bridgehead atoms. The molecule has 0 saturated carbocycles. The van der Waals surface area contributed by atoms with Gasteiger partial charge in [-0.1, -0.05) is 29.8 Å². The van der Waals surface area contributed by atoms with Crippen LogP contribution < -0.4 is 0 Å². The Labute approximate surface area is 107 Å². The van der Waals surface area contributed by atoms with Crippen molar-refractivity contribution in [2.24, 2.45) is 0 Å². The molecule has 0 spiro atoms. The molecule has 0 saturated heterocycles. The topological polar surface area (TPSA) is 46.0 Å². The van der Waals surface area contributed by atoms with Gasteiger partial charge in [0.15, 0.2) is 5.82 Å². The maximum absolute atomic E-state index is 4.46. The first-order valence-corrected chi connectivity index (χ1v) is 6.12. The lowest BCUT2D eigenvalue weighted by atomic mass is 10.1. The van der Waals surface area contributed by atoms with Gasteiger partial charge in [0.2, 0.25) is 0 Å². The van der Waals surface area contributed by atoms with Gasteiger partial charge in [-0.25, -0.2) is 9.50 Å². The van der Waals surface area contributed by atoms with E-state index >= 15 is 0 Å². The summed E-state index contributed by atoms with van der Waals surface area (Å²) in [6.45, 7) is 4.01. The number of rotatable bonds is 1. The molecule has 0 aliphatic heterocycles. The van der Waals surface area contributed by atoms with Crippen molar-refractivity contribution >= 4 is 21.7 Å². The van der Waals surface area contributed by atoms with Crippen LogP contribution in [0.4, 0.5) is 0 Å². The molecule has 17 heavy (non-hydrogen) atoms. The second-order valence-electron chi connectivity index (χ2n) is 4.06. The molecule has 0 fully saturated rings. The van der Waals surface area contributed by atoms with Gasteiger partial charge in [-0.15, -0.1) is 0 Å². The summed E-state index contributed by atoms with van der Waals surface area (Å²) in [5.74, 6) is 1.51. The Morgan fingerprint density at radius 1 is 1.12 bits per heavy atom. The van der Waals surface area contributed by atoms with Crippen molar-refractivity contribution in [1.82, 2.24) is 19.6 Å². The highest BCUT2D eigenvalue weighted by molar-refractivity contribution is 9.10. The van der Waals surface area contributed by atoms with Crippen LogP contribution in [-0.4, -0.2) is 19.6 Å². The number of hydrogen-bond acceptors (Lipinski definition) is 2. The zero-order chi connectivity index (χ0) is 12.0. The first-order chi connectivity index (χ1) is 8.15. The van der Waals surface area contributed by atoms with Crippen LogP contribution in [0.3, 0.4) is 0 Å². The van der Waals surface area contributed by atoms with Gasteiger partial charge in [-0.05, 0) is 29.8 Å². The summed E-state index contributed by atoms with van der Waals surface area (Å²) in [5.41, 5.74) is 3.23. The van der Waals surface area contributed by atoms with Crippen molar-refractivity contribution in [3.63, 3.8) is 0 Å². The molecular formula is C12H11BrN4. The van der Waals surface area contributed by atoms with Gasteiger partial charge in [0.25, 0.3) is 5.78 Å². The van der Waals surface area contributed by atoms with Crippen molar-refractivity contribution in [3.05, 3.63) is 40.1 Å². The number of imidazole rings is 1. The van der Waals surface area contributed by atoms with Crippen molar-refractivity contribution in [2.45, 2.75) is 13.8 Å². The third-order valence-corrected chi connectivity index (χ3v) is 3.65. The average molecular weight is 291 g/mol. The number of benzene rings is 1. The van der Waals surface area contributed by atoms with Crippen molar-refractivity contribution in [2.75, 3.05) is 0 Å². The summed E-state index contributed by atoms with van der Waals surface area (Å²) < 4.78 is 2.75. The van der Waals surface area contributed by atoms with Crippen LogP contribution in [0.5, 0.6) is 0 Å². The monoisotopic (exact) mass is 290 g/mol. The Hall–Kier alpha value is -1.62. The normalized spacial score (nSPS) is 11.2. The zero-order valence-electron chi connectivity index (χ0n) is 9.53. The molecule has 0 radical (unpaired) electrons. The SMILES string of the molecule is Cc1ccc(-c2nc3nc(C)c(Br)n3[nH]2)cc1. The van der Waals surface area contributed by atoms with Crippen LogP contribution >= 0.6 is 15.9 Å². The van der Waals surface area contributed by atoms with E-state index < -0.39 is 0 Å². The lowest BCUT2D eigenvalue weighted by Crippen LogP contribution is -1.86. The van der Waals surface area contributed by atoms with E-state index in [0.717, 1.165) is 21.7 Å². The van der Waals surface area contributed by atoms with E-state index in [-0.39, 0.29) is 0 Å². The van der Waals surface area contributed by atoms with Crippen LogP contribution in [0.25, 0.3) is 17.2 Å². The standard InChI is InChI=1S/C12H11BrN4/c1-7-3-5-9(6-4-7)11-15-12-14-8(2)10(13)17(12)16-11/h3-6H,1-2H3,(H,14,15,16). The first kappa shape index (κ1) is 10.5. The predicted octanol–water partition coefficient (Wildman–Crippen LogP) is 3.10. The zero-order valence-corrected chi connectivity index (χ0v) is 11.1. The Morgan fingerprint density at radius 3 is 2.47 bits per heavy atom. The molecule has 0 unspecified atom stereocenters. The van der Waals surface area contributed by atoms with Gasteiger partial charge < -0.3 is 0 Å². The Kier molecular flexibility index (Phi) is 2.29. The van der Waals surface area contributed by atoms with Crippen LogP contribution in [0.2, 0.25) is 0 Å². The number of aromatic nitrogens is 4. The van der Waals surface area contributed by atoms with Gasteiger partial charge in [0, 0.05) is 5.56 Å². The van der Waals surface area contributed by atoms with E-state index in [1.807, 2.05) is 23.6 Å². The third-order valence-electron chi connectivity index (χ3n) is 2.72. The third kappa shape index (κ3) is 1.67. The molecule has 3 rings (SSSR count). The number of hydrogen-bond donors (Lipinski definition) is 1. The van der Waals surface area contributed by atoms with Crippen LogP contribution in [-0.2, 0) is 0 Å². The highest BCUT2D eigenvalue weighted by atomic mass is 79.9. The van der Waals surface area contributed by atoms with Gasteiger partial charge in [0.05, 0.1) is 5.69 Å². The molecule has 4 nitrogen and oxygen atoms in total. The van der Waals surface area contributed by atoms with E-state index in [2.05, 4.69) is 50.1 Å². The summed E-state index contributed by atoms with van der Waals surface area (Å²) in [6.07, 6.45) is 0. The Morgan fingerprint density at radius 2 is 1.82 bits per heavy atom. The number of aryl methyl sites for hydroxylation is 2. The fourth-order valence-electron chi connectivity index (χ4n) is 1.74. The molecule has 0 aliphatic carbocycles. The predicted molar refractivity (Wildman–Crippen MR) is 69.9 cm³/mol. The summed E-state index contributed by atoms with van der Waals surface area (Å²) in [6, 6.07) is 8.24. The Bertz CT molecular complexity index is 678. The molecular weight excluding hydrogens is 280 g/mol. The second kappa shape index (κ2) is 3.70. The van der Waals surface area contributed by atoms with E-state index in [1.165, 1.54) is 5.56 Å². The van der Waals surface area contributed by atoms with Crippen molar-refractivity contribution < 1.29 is 0 Å². The van der Waals surface area contributed by atoms with Gasteiger partial charge in [-0.3, -0.25) is 5.10 Å². The molecule has 2 heterocycles. The van der Waals surface area contributed by atoms with Crippen LogP contribution in [0, 0.1) is 13.8 Å². The number of nitrogens with zero attached hydrogens (tertiary/aromatic N) is 3. The quantitative estimate of drug-likeness (QED) is 0.748. The maximum Gasteiger partial charge on any atom is 0.252 e. The lowest BCUT2D eigenvalue weighted by molar-refractivity contribution is 0.950. The van der Waals surface area contributed by atoms with E-state index in [0.29, 0.717) is 5.78 Å². The minimum atomic E-state index is 0.685. The van der Waals surface area contributed by atoms with E-state index in [4.69, 9.17) is 0 Å². The second-order valence-corrected chi connectivity index (χ2v) is 4.81. The molecule has 0 amide bonds. The molecule has 5 heteroatoms. The number of nitrogens with one attached hydrogen (secondary N) is 1. The smallest absolute Gasteiger partial charge is 0.252 e. The summed E-state index contributed by atoms with van der Waals surface area (Å²) in [5, 5.41) is 3.22. The molecule has 86 valence electrons. The van der Waals surface area contributed by atoms with Crippen LogP contribution in [0.1, 0.15) is 11.3 Å². The minimum Gasteiger partial charge on any atom is -0.273 e. The number of fused-ring (bicyclic) bond motifs is 1. The molecule has 1 N–H and O–H groups in total. The fraction of sp³-hybridized carbons (Fsp3) is 0.167. The van der Waals surface area contributed by atoms with Gasteiger partial charge in [-0.2, -0.15) is 4.98 Å². The van der Waals surface area contributed by atoms with E-state index in [1.54, 1.807) is 0 Å². The van der Waals surface area contributed by atoms with Crippen molar-refractivity contribution in [1.29, 1.82) is 0 Å². The summed E-state index contributed by atoms with van der Waals surface area (Å²) in [4.78, 5) is 8.81. The van der Waals surface area contributed by atoms with Crippen molar-refractivity contribution in [3.8, 4) is 11.4 Å². The van der Waals surface area contributed by atoms with Gasteiger partial charge >= 0.3 is 0 Å². The van der Waals surface area contributed by atoms with Gasteiger partial charge in [0.1, 0.15) is 4.60 Å². The highest BCUT2D eigenvalue weighted by Gasteiger charge is 2.11. The Balaban J connectivity index is 2.15. The maximum atomic E-state index is 4.46. The molecule has 1 aromatic carbocycles. The lowest BCUT2D eigenvalue weighted by Gasteiger charge is -1.96. The van der Waals surface area contributed by atoms with E-state index in [9.17, 15) is 0 Å². The number of aromatic amines is 1. The molecule has 0 aliphatic rings. The number of H-pyrrole nitrogens is 1. The summed E-state index contributed by atoms with van der Waals surface area (Å²) >= 11 is 3.48. The van der Waals surface area contributed by atoms with Crippen LogP contribution in [0.15, 0.2) is 28.9 Å².